The van der Waals surface area contributed by atoms with Crippen molar-refractivity contribution in [2.75, 3.05) is 0 Å². The Hall–Kier alpha value is -1.26. The highest BCUT2D eigenvalue weighted by molar-refractivity contribution is 7.11. The van der Waals surface area contributed by atoms with Crippen LogP contribution in [0.2, 0.25) is 0 Å². The molecule has 0 radical (unpaired) electrons. The second-order valence-corrected chi connectivity index (χ2v) is 8.00. The molecule has 0 spiro atoms. The van der Waals surface area contributed by atoms with Gasteiger partial charge in [0.15, 0.2) is 0 Å². The van der Waals surface area contributed by atoms with Gasteiger partial charge in [-0.15, -0.1) is 11.3 Å². The average Bonchev–Trinajstić information content (AvgIpc) is 3.19. The van der Waals surface area contributed by atoms with Gasteiger partial charge < -0.3 is 5.32 Å². The number of hydrogen-bond donors (Lipinski definition) is 1. The molecule has 1 N–H and O–H groups in total. The summed E-state index contributed by atoms with van der Waals surface area (Å²) >= 11 is 1.86. The first-order chi connectivity index (χ1) is 10.0. The first kappa shape index (κ1) is 14.7. The van der Waals surface area contributed by atoms with Crippen molar-refractivity contribution in [3.63, 3.8) is 0 Å². The lowest BCUT2D eigenvalue weighted by molar-refractivity contribution is 0.425. The SMILES string of the molecule is CC(C)(C)NCc1sc(Cc2cccnc2)nc1C1CC1. The van der Waals surface area contributed by atoms with Gasteiger partial charge in [-0.05, 0) is 45.2 Å². The summed E-state index contributed by atoms with van der Waals surface area (Å²) in [6.45, 7) is 7.56. The van der Waals surface area contributed by atoms with Crippen LogP contribution in [0.1, 0.15) is 60.7 Å². The molecule has 1 aliphatic carbocycles. The molecule has 2 heterocycles. The van der Waals surface area contributed by atoms with Gasteiger partial charge in [0.05, 0.1) is 10.7 Å². The van der Waals surface area contributed by atoms with E-state index in [-0.39, 0.29) is 5.54 Å². The van der Waals surface area contributed by atoms with Crippen LogP contribution in [0.3, 0.4) is 0 Å². The molecular formula is C17H23N3S. The van der Waals surface area contributed by atoms with Gasteiger partial charge in [-0.2, -0.15) is 0 Å². The molecule has 112 valence electrons. The van der Waals surface area contributed by atoms with Gasteiger partial charge >= 0.3 is 0 Å². The minimum absolute atomic E-state index is 0.147. The van der Waals surface area contributed by atoms with Crippen molar-refractivity contribution < 1.29 is 0 Å². The number of nitrogens with one attached hydrogen (secondary N) is 1. The Labute approximate surface area is 130 Å². The van der Waals surface area contributed by atoms with Gasteiger partial charge in [-0.1, -0.05) is 6.07 Å². The summed E-state index contributed by atoms with van der Waals surface area (Å²) in [6.07, 6.45) is 7.26. The highest BCUT2D eigenvalue weighted by atomic mass is 32.1. The number of pyridine rings is 1. The molecule has 1 aliphatic rings. The van der Waals surface area contributed by atoms with E-state index in [0.29, 0.717) is 5.92 Å². The topological polar surface area (TPSA) is 37.8 Å². The minimum atomic E-state index is 0.147. The van der Waals surface area contributed by atoms with E-state index in [1.54, 1.807) is 0 Å². The Balaban J connectivity index is 1.76. The van der Waals surface area contributed by atoms with Gasteiger partial charge in [0.25, 0.3) is 0 Å². The number of rotatable bonds is 5. The van der Waals surface area contributed by atoms with E-state index < -0.39 is 0 Å². The Morgan fingerprint density at radius 3 is 2.76 bits per heavy atom. The van der Waals surface area contributed by atoms with Gasteiger partial charge in [-0.25, -0.2) is 4.98 Å². The van der Waals surface area contributed by atoms with Crippen molar-refractivity contribution in [3.8, 4) is 0 Å². The summed E-state index contributed by atoms with van der Waals surface area (Å²) in [5.41, 5.74) is 2.73. The normalized spacial score (nSPS) is 15.4. The van der Waals surface area contributed by atoms with Crippen LogP contribution in [0.4, 0.5) is 0 Å². The molecule has 0 aliphatic heterocycles. The smallest absolute Gasteiger partial charge is 0.0976 e. The molecule has 0 unspecified atom stereocenters. The molecule has 1 fully saturated rings. The minimum Gasteiger partial charge on any atom is -0.307 e. The van der Waals surface area contributed by atoms with Crippen molar-refractivity contribution in [1.82, 2.24) is 15.3 Å². The van der Waals surface area contributed by atoms with E-state index in [9.17, 15) is 0 Å². The predicted molar refractivity (Wildman–Crippen MR) is 87.7 cm³/mol. The zero-order chi connectivity index (χ0) is 14.9. The summed E-state index contributed by atoms with van der Waals surface area (Å²) in [6, 6.07) is 4.12. The van der Waals surface area contributed by atoms with E-state index >= 15 is 0 Å². The average molecular weight is 301 g/mol. The molecule has 1 saturated carbocycles. The van der Waals surface area contributed by atoms with Crippen molar-refractivity contribution in [3.05, 3.63) is 45.7 Å². The van der Waals surface area contributed by atoms with Gasteiger partial charge in [0, 0.05) is 41.7 Å². The number of thiazole rings is 1. The number of nitrogens with zero attached hydrogens (tertiary/aromatic N) is 2. The molecule has 0 aromatic carbocycles. The zero-order valence-corrected chi connectivity index (χ0v) is 13.8. The van der Waals surface area contributed by atoms with Crippen LogP contribution >= 0.6 is 11.3 Å². The molecule has 2 aromatic rings. The number of hydrogen-bond acceptors (Lipinski definition) is 4. The standard InChI is InChI=1S/C17H23N3S/c1-17(2,3)19-11-14-16(13-6-7-13)20-15(21-14)9-12-5-4-8-18-10-12/h4-5,8,10,13,19H,6-7,9,11H2,1-3H3. The highest BCUT2D eigenvalue weighted by Crippen LogP contribution is 2.43. The fourth-order valence-electron chi connectivity index (χ4n) is 2.31. The Bertz CT molecular complexity index is 594. The predicted octanol–water partition coefficient (Wildman–Crippen LogP) is 3.89. The van der Waals surface area contributed by atoms with E-state index in [1.165, 1.54) is 34.0 Å². The third-order valence-electron chi connectivity index (χ3n) is 3.59. The van der Waals surface area contributed by atoms with Gasteiger partial charge in [0.1, 0.15) is 0 Å². The lowest BCUT2D eigenvalue weighted by atomic mass is 10.1. The van der Waals surface area contributed by atoms with Crippen LogP contribution in [0, 0.1) is 0 Å². The summed E-state index contributed by atoms with van der Waals surface area (Å²) in [5.74, 6) is 0.709. The van der Waals surface area contributed by atoms with Crippen LogP contribution in [0.5, 0.6) is 0 Å². The van der Waals surface area contributed by atoms with Crippen molar-refractivity contribution in [2.24, 2.45) is 0 Å². The summed E-state index contributed by atoms with van der Waals surface area (Å²) in [4.78, 5) is 10.5. The van der Waals surface area contributed by atoms with E-state index in [0.717, 1.165) is 13.0 Å². The fourth-order valence-corrected chi connectivity index (χ4v) is 3.44. The largest absolute Gasteiger partial charge is 0.307 e. The summed E-state index contributed by atoms with van der Waals surface area (Å²) in [5, 5.41) is 4.81. The zero-order valence-electron chi connectivity index (χ0n) is 13.0. The third kappa shape index (κ3) is 4.11. The van der Waals surface area contributed by atoms with E-state index in [2.05, 4.69) is 37.1 Å². The second kappa shape index (κ2) is 5.85. The van der Waals surface area contributed by atoms with Crippen LogP contribution in [-0.2, 0) is 13.0 Å². The quantitative estimate of drug-likeness (QED) is 0.910. The maximum atomic E-state index is 4.92. The summed E-state index contributed by atoms with van der Waals surface area (Å²) in [7, 11) is 0. The Morgan fingerprint density at radius 2 is 2.14 bits per heavy atom. The first-order valence-electron chi connectivity index (χ1n) is 7.64. The maximum absolute atomic E-state index is 4.92. The first-order valence-corrected chi connectivity index (χ1v) is 8.45. The van der Waals surface area contributed by atoms with Gasteiger partial charge in [-0.3, -0.25) is 4.98 Å². The fraction of sp³-hybridized carbons (Fsp3) is 0.529. The van der Waals surface area contributed by atoms with Gasteiger partial charge in [0.2, 0.25) is 0 Å². The third-order valence-corrected chi connectivity index (χ3v) is 4.66. The Kier molecular flexibility index (Phi) is 4.09. The van der Waals surface area contributed by atoms with Crippen LogP contribution in [0.15, 0.2) is 24.5 Å². The van der Waals surface area contributed by atoms with Crippen molar-refractivity contribution >= 4 is 11.3 Å². The molecule has 2 aromatic heterocycles. The molecule has 0 bridgehead atoms. The second-order valence-electron chi connectivity index (χ2n) is 6.83. The molecule has 3 nitrogen and oxygen atoms in total. The molecule has 0 amide bonds. The lowest BCUT2D eigenvalue weighted by Crippen LogP contribution is -2.35. The summed E-state index contributed by atoms with van der Waals surface area (Å²) < 4.78 is 0. The highest BCUT2D eigenvalue weighted by Gasteiger charge is 2.29. The molecule has 4 heteroatoms. The van der Waals surface area contributed by atoms with Crippen LogP contribution in [0.25, 0.3) is 0 Å². The van der Waals surface area contributed by atoms with Crippen LogP contribution in [-0.4, -0.2) is 15.5 Å². The molecule has 21 heavy (non-hydrogen) atoms. The van der Waals surface area contributed by atoms with Crippen LogP contribution < -0.4 is 5.32 Å². The molecular weight excluding hydrogens is 278 g/mol. The molecule has 3 rings (SSSR count). The van der Waals surface area contributed by atoms with E-state index in [4.69, 9.17) is 4.98 Å². The van der Waals surface area contributed by atoms with Crippen molar-refractivity contribution in [1.29, 1.82) is 0 Å². The monoisotopic (exact) mass is 301 g/mol. The van der Waals surface area contributed by atoms with E-state index in [1.807, 2.05) is 29.8 Å². The van der Waals surface area contributed by atoms with Crippen molar-refractivity contribution in [2.45, 2.75) is 58.0 Å². The molecule has 0 atom stereocenters. The lowest BCUT2D eigenvalue weighted by Gasteiger charge is -2.20. The Morgan fingerprint density at radius 1 is 1.33 bits per heavy atom. The molecule has 0 saturated heterocycles. The maximum Gasteiger partial charge on any atom is 0.0976 e. The number of aromatic nitrogens is 2.